The second-order valence-corrected chi connectivity index (χ2v) is 6.55. The highest BCUT2D eigenvalue weighted by atomic mass is 15.3. The lowest BCUT2D eigenvalue weighted by atomic mass is 9.91. The van der Waals surface area contributed by atoms with Crippen molar-refractivity contribution in [1.82, 2.24) is 9.80 Å². The first kappa shape index (κ1) is 11.9. The van der Waals surface area contributed by atoms with Gasteiger partial charge in [-0.2, -0.15) is 0 Å². The Labute approximate surface area is 105 Å². The summed E-state index contributed by atoms with van der Waals surface area (Å²) >= 11 is 0. The Hall–Kier alpha value is -0.120. The molecule has 0 radical (unpaired) electrons. The van der Waals surface area contributed by atoms with E-state index in [4.69, 9.17) is 5.73 Å². The third-order valence-electron chi connectivity index (χ3n) is 5.51. The van der Waals surface area contributed by atoms with Crippen LogP contribution in [-0.4, -0.2) is 53.6 Å². The fourth-order valence-corrected chi connectivity index (χ4v) is 4.42. The molecule has 3 aliphatic rings. The molecule has 3 fully saturated rings. The molecule has 3 heterocycles. The first-order chi connectivity index (χ1) is 8.15. The molecule has 2 N–H and O–H groups in total. The van der Waals surface area contributed by atoms with Gasteiger partial charge in [0.05, 0.1) is 0 Å². The van der Waals surface area contributed by atoms with Crippen molar-refractivity contribution in [2.75, 3.05) is 13.6 Å². The zero-order valence-corrected chi connectivity index (χ0v) is 11.3. The third kappa shape index (κ3) is 2.13. The fraction of sp³-hybridized carbons (Fsp3) is 1.00. The Bertz CT molecular complexity index is 267. The van der Waals surface area contributed by atoms with Crippen LogP contribution in [0.25, 0.3) is 0 Å². The molecule has 0 spiro atoms. The maximum atomic E-state index is 6.07. The molecule has 0 aliphatic carbocycles. The van der Waals surface area contributed by atoms with E-state index in [9.17, 15) is 0 Å². The molecule has 0 aromatic heterocycles. The van der Waals surface area contributed by atoms with E-state index in [0.29, 0.717) is 12.1 Å². The molecule has 3 heteroatoms. The highest BCUT2D eigenvalue weighted by molar-refractivity contribution is 4.98. The van der Waals surface area contributed by atoms with Crippen molar-refractivity contribution < 1.29 is 0 Å². The average Bonchev–Trinajstić information content (AvgIpc) is 2.52. The minimum absolute atomic E-state index is 0.448. The number of hydrogen-bond donors (Lipinski definition) is 1. The summed E-state index contributed by atoms with van der Waals surface area (Å²) in [5.41, 5.74) is 6.07. The van der Waals surface area contributed by atoms with Gasteiger partial charge in [-0.15, -0.1) is 0 Å². The summed E-state index contributed by atoms with van der Waals surface area (Å²) in [5.74, 6) is 0. The largest absolute Gasteiger partial charge is 0.328 e. The summed E-state index contributed by atoms with van der Waals surface area (Å²) in [5, 5.41) is 0. The van der Waals surface area contributed by atoms with Crippen molar-refractivity contribution in [1.29, 1.82) is 0 Å². The summed E-state index contributed by atoms with van der Waals surface area (Å²) < 4.78 is 0. The van der Waals surface area contributed by atoms with E-state index in [1.807, 2.05) is 0 Å². The maximum Gasteiger partial charge on any atom is 0.0128 e. The predicted octanol–water partition coefficient (Wildman–Crippen LogP) is 1.42. The molecule has 0 aromatic rings. The maximum absolute atomic E-state index is 6.07. The molecule has 0 aromatic carbocycles. The van der Waals surface area contributed by atoms with Crippen molar-refractivity contribution in [3.63, 3.8) is 0 Å². The molecular formula is C14H27N3. The number of likely N-dealkylation sites (tertiary alicyclic amines) is 1. The van der Waals surface area contributed by atoms with Crippen LogP contribution in [0.15, 0.2) is 0 Å². The summed E-state index contributed by atoms with van der Waals surface area (Å²) in [6.07, 6.45) is 8.05. The highest BCUT2D eigenvalue weighted by Crippen LogP contribution is 2.37. The van der Waals surface area contributed by atoms with Crippen LogP contribution in [-0.2, 0) is 0 Å². The van der Waals surface area contributed by atoms with Gasteiger partial charge in [0, 0.05) is 36.8 Å². The molecule has 3 rings (SSSR count). The third-order valence-corrected chi connectivity index (χ3v) is 5.51. The van der Waals surface area contributed by atoms with E-state index in [-0.39, 0.29) is 0 Å². The van der Waals surface area contributed by atoms with Crippen molar-refractivity contribution >= 4 is 0 Å². The average molecular weight is 237 g/mol. The zero-order chi connectivity index (χ0) is 12.0. The van der Waals surface area contributed by atoms with Crippen molar-refractivity contribution in [2.45, 2.75) is 75.7 Å². The summed E-state index contributed by atoms with van der Waals surface area (Å²) in [6, 6.07) is 3.71. The van der Waals surface area contributed by atoms with E-state index in [1.54, 1.807) is 0 Å². The Morgan fingerprint density at radius 1 is 0.941 bits per heavy atom. The van der Waals surface area contributed by atoms with E-state index >= 15 is 0 Å². The SMILES string of the molecule is CC1CC(N)CCN1C1CC2CCC(C1)N2C. The van der Waals surface area contributed by atoms with Crippen molar-refractivity contribution in [3.8, 4) is 0 Å². The van der Waals surface area contributed by atoms with Gasteiger partial charge in [-0.1, -0.05) is 0 Å². The Morgan fingerprint density at radius 2 is 1.59 bits per heavy atom. The van der Waals surface area contributed by atoms with Gasteiger partial charge in [0.2, 0.25) is 0 Å². The number of rotatable bonds is 1. The normalized spacial score (nSPS) is 48.5. The lowest BCUT2D eigenvalue weighted by Gasteiger charge is -2.47. The lowest BCUT2D eigenvalue weighted by Crippen LogP contribution is -2.55. The van der Waals surface area contributed by atoms with E-state index in [1.165, 1.54) is 45.1 Å². The molecule has 0 amide bonds. The van der Waals surface area contributed by atoms with E-state index in [0.717, 1.165) is 18.1 Å². The van der Waals surface area contributed by atoms with Gasteiger partial charge in [0.25, 0.3) is 0 Å². The minimum Gasteiger partial charge on any atom is -0.328 e. The Morgan fingerprint density at radius 3 is 2.18 bits per heavy atom. The molecular weight excluding hydrogens is 210 g/mol. The van der Waals surface area contributed by atoms with Crippen LogP contribution in [0.2, 0.25) is 0 Å². The first-order valence-electron chi connectivity index (χ1n) is 7.38. The first-order valence-corrected chi connectivity index (χ1v) is 7.38. The summed E-state index contributed by atoms with van der Waals surface area (Å²) in [4.78, 5) is 5.40. The Balaban J connectivity index is 1.66. The van der Waals surface area contributed by atoms with Gasteiger partial charge in [0.15, 0.2) is 0 Å². The number of nitrogens with two attached hydrogens (primary N) is 1. The molecule has 2 bridgehead atoms. The minimum atomic E-state index is 0.448. The van der Waals surface area contributed by atoms with Crippen molar-refractivity contribution in [3.05, 3.63) is 0 Å². The summed E-state index contributed by atoms with van der Waals surface area (Å²) in [7, 11) is 2.33. The molecule has 3 saturated heterocycles. The predicted molar refractivity (Wildman–Crippen MR) is 71.0 cm³/mol. The summed E-state index contributed by atoms with van der Waals surface area (Å²) in [6.45, 7) is 3.61. The van der Waals surface area contributed by atoms with Gasteiger partial charge < -0.3 is 10.6 Å². The van der Waals surface area contributed by atoms with E-state index in [2.05, 4.69) is 23.8 Å². The van der Waals surface area contributed by atoms with Gasteiger partial charge in [0.1, 0.15) is 0 Å². The fourth-order valence-electron chi connectivity index (χ4n) is 4.42. The smallest absolute Gasteiger partial charge is 0.0128 e. The van der Waals surface area contributed by atoms with E-state index < -0.39 is 0 Å². The highest BCUT2D eigenvalue weighted by Gasteiger charge is 2.41. The molecule has 3 aliphatic heterocycles. The second-order valence-electron chi connectivity index (χ2n) is 6.55. The molecule has 17 heavy (non-hydrogen) atoms. The van der Waals surface area contributed by atoms with Crippen LogP contribution in [0, 0.1) is 0 Å². The Kier molecular flexibility index (Phi) is 3.18. The standard InChI is InChI=1S/C14H27N3/c1-10-7-11(15)5-6-17(10)14-8-12-3-4-13(9-14)16(12)2/h10-14H,3-9,15H2,1-2H3. The number of nitrogens with zero attached hydrogens (tertiary/aromatic N) is 2. The van der Waals surface area contributed by atoms with Gasteiger partial charge in [-0.05, 0) is 52.5 Å². The molecule has 0 saturated carbocycles. The molecule has 4 atom stereocenters. The van der Waals surface area contributed by atoms with Crippen molar-refractivity contribution in [2.24, 2.45) is 5.73 Å². The number of hydrogen-bond acceptors (Lipinski definition) is 3. The molecule has 98 valence electrons. The monoisotopic (exact) mass is 237 g/mol. The van der Waals surface area contributed by atoms with Gasteiger partial charge >= 0.3 is 0 Å². The number of fused-ring (bicyclic) bond motifs is 2. The van der Waals surface area contributed by atoms with Gasteiger partial charge in [-0.3, -0.25) is 4.90 Å². The van der Waals surface area contributed by atoms with Crippen LogP contribution in [0.4, 0.5) is 0 Å². The topological polar surface area (TPSA) is 32.5 Å². The molecule has 4 unspecified atom stereocenters. The van der Waals surface area contributed by atoms with Crippen LogP contribution >= 0.6 is 0 Å². The van der Waals surface area contributed by atoms with Gasteiger partial charge in [-0.25, -0.2) is 0 Å². The zero-order valence-electron chi connectivity index (χ0n) is 11.3. The van der Waals surface area contributed by atoms with Crippen LogP contribution in [0.1, 0.15) is 45.4 Å². The van der Waals surface area contributed by atoms with Crippen LogP contribution < -0.4 is 5.73 Å². The van der Waals surface area contributed by atoms with Crippen LogP contribution in [0.3, 0.4) is 0 Å². The second kappa shape index (κ2) is 4.52. The van der Waals surface area contributed by atoms with Crippen LogP contribution in [0.5, 0.6) is 0 Å². The quantitative estimate of drug-likeness (QED) is 0.749. The lowest BCUT2D eigenvalue weighted by molar-refractivity contribution is 0.0315. The number of piperidine rings is 2. The molecule has 3 nitrogen and oxygen atoms in total.